The van der Waals surface area contributed by atoms with E-state index in [4.69, 9.17) is 4.74 Å². The quantitative estimate of drug-likeness (QED) is 0.687. The van der Waals surface area contributed by atoms with E-state index in [1.807, 2.05) is 13.8 Å². The molecule has 1 aliphatic heterocycles. The van der Waals surface area contributed by atoms with Crippen molar-refractivity contribution < 1.29 is 19.1 Å². The molecule has 116 valence electrons. The van der Waals surface area contributed by atoms with E-state index in [2.05, 4.69) is 17.0 Å². The third-order valence-corrected chi connectivity index (χ3v) is 3.49. The molecule has 1 rings (SSSR count). The van der Waals surface area contributed by atoms with Crippen LogP contribution in [-0.2, 0) is 19.1 Å². The molecule has 1 aliphatic rings. The first-order valence-electron chi connectivity index (χ1n) is 7.19. The fraction of sp³-hybridized carbons (Fsp3) is 0.857. The number of rotatable bonds is 7. The van der Waals surface area contributed by atoms with Crippen LogP contribution in [0, 0.1) is 5.92 Å². The maximum atomic E-state index is 12.6. The Balaban J connectivity index is 2.70. The molecule has 0 spiro atoms. The van der Waals surface area contributed by atoms with Crippen LogP contribution < -0.4 is 5.32 Å². The summed E-state index contributed by atoms with van der Waals surface area (Å²) >= 11 is 0. The molecular weight excluding hydrogens is 260 g/mol. The van der Waals surface area contributed by atoms with Crippen LogP contribution in [0.5, 0.6) is 0 Å². The molecule has 0 aliphatic carbocycles. The second kappa shape index (κ2) is 8.21. The number of nitrogens with zero attached hydrogens (tertiary/aromatic N) is 1. The summed E-state index contributed by atoms with van der Waals surface area (Å²) in [6.07, 6.45) is 1.01. The predicted octanol–water partition coefficient (Wildman–Crippen LogP) is 0.411. The van der Waals surface area contributed by atoms with Gasteiger partial charge in [0.15, 0.2) is 0 Å². The zero-order valence-corrected chi connectivity index (χ0v) is 12.8. The number of hydrogen-bond acceptors (Lipinski definition) is 5. The zero-order valence-electron chi connectivity index (χ0n) is 12.8. The number of esters is 1. The molecule has 1 N–H and O–H groups in total. The summed E-state index contributed by atoms with van der Waals surface area (Å²) in [5, 5.41) is 3.33. The highest BCUT2D eigenvalue weighted by molar-refractivity contribution is 5.84. The van der Waals surface area contributed by atoms with Gasteiger partial charge < -0.3 is 19.7 Å². The minimum absolute atomic E-state index is 0.00992. The normalized spacial score (nSPS) is 22.1. The van der Waals surface area contributed by atoms with Gasteiger partial charge in [-0.3, -0.25) is 9.59 Å². The average molecular weight is 286 g/mol. The van der Waals surface area contributed by atoms with E-state index in [0.717, 1.165) is 13.0 Å². The summed E-state index contributed by atoms with van der Waals surface area (Å²) in [5.74, 6) is -0.672. The van der Waals surface area contributed by atoms with E-state index in [1.54, 1.807) is 4.90 Å². The Hall–Kier alpha value is -1.14. The molecule has 0 radical (unpaired) electrons. The van der Waals surface area contributed by atoms with Crippen molar-refractivity contribution in [3.8, 4) is 0 Å². The molecule has 0 bridgehead atoms. The van der Waals surface area contributed by atoms with Gasteiger partial charge in [0.1, 0.15) is 6.54 Å². The average Bonchev–Trinajstić information content (AvgIpc) is 2.89. The summed E-state index contributed by atoms with van der Waals surface area (Å²) in [4.78, 5) is 25.6. The van der Waals surface area contributed by atoms with Gasteiger partial charge in [-0.1, -0.05) is 6.92 Å². The summed E-state index contributed by atoms with van der Waals surface area (Å²) in [7, 11) is 1.33. The number of amides is 1. The maximum absolute atomic E-state index is 12.6. The number of hydrogen-bond donors (Lipinski definition) is 1. The highest BCUT2D eigenvalue weighted by Gasteiger charge is 2.37. The lowest BCUT2D eigenvalue weighted by Gasteiger charge is -2.30. The van der Waals surface area contributed by atoms with E-state index in [9.17, 15) is 9.59 Å². The van der Waals surface area contributed by atoms with Crippen molar-refractivity contribution in [3.05, 3.63) is 0 Å². The van der Waals surface area contributed by atoms with Crippen LogP contribution in [0.3, 0.4) is 0 Å². The van der Waals surface area contributed by atoms with Crippen LogP contribution in [0.25, 0.3) is 0 Å². The Bertz CT molecular complexity index is 333. The first kappa shape index (κ1) is 16.9. The van der Waals surface area contributed by atoms with Gasteiger partial charge in [-0.15, -0.1) is 0 Å². The molecule has 1 amide bonds. The molecule has 0 saturated carbocycles. The lowest BCUT2D eigenvalue weighted by molar-refractivity contribution is -0.150. The van der Waals surface area contributed by atoms with Crippen molar-refractivity contribution >= 4 is 11.9 Å². The summed E-state index contributed by atoms with van der Waals surface area (Å²) < 4.78 is 10.1. The van der Waals surface area contributed by atoms with Crippen LogP contribution >= 0.6 is 0 Å². The third kappa shape index (κ3) is 4.45. The number of carbonyl (C=O) groups is 2. The van der Waals surface area contributed by atoms with Gasteiger partial charge in [0, 0.05) is 12.1 Å². The smallest absolute Gasteiger partial charge is 0.325 e. The third-order valence-electron chi connectivity index (χ3n) is 3.49. The summed E-state index contributed by atoms with van der Waals surface area (Å²) in [6.45, 7) is 7.67. The lowest BCUT2D eigenvalue weighted by atomic mass is 10.0. The van der Waals surface area contributed by atoms with Crippen LogP contribution in [0.1, 0.15) is 27.2 Å². The monoisotopic (exact) mass is 286 g/mol. The van der Waals surface area contributed by atoms with E-state index >= 15 is 0 Å². The minimum Gasteiger partial charge on any atom is -0.468 e. The van der Waals surface area contributed by atoms with Gasteiger partial charge >= 0.3 is 5.97 Å². The van der Waals surface area contributed by atoms with Crippen molar-refractivity contribution in [1.29, 1.82) is 0 Å². The number of nitrogens with one attached hydrogen (secondary N) is 1. The largest absolute Gasteiger partial charge is 0.468 e. The van der Waals surface area contributed by atoms with Crippen molar-refractivity contribution in [2.45, 2.75) is 39.3 Å². The molecular formula is C14H26N2O4. The Labute approximate surface area is 120 Å². The van der Waals surface area contributed by atoms with Crippen LogP contribution in [-0.4, -0.2) is 62.3 Å². The van der Waals surface area contributed by atoms with Gasteiger partial charge in [0.2, 0.25) is 5.91 Å². The zero-order chi connectivity index (χ0) is 15.1. The van der Waals surface area contributed by atoms with Crippen molar-refractivity contribution in [1.82, 2.24) is 10.2 Å². The highest BCUT2D eigenvalue weighted by atomic mass is 16.5. The fourth-order valence-corrected chi connectivity index (χ4v) is 2.26. The van der Waals surface area contributed by atoms with Crippen LogP contribution in [0.4, 0.5) is 0 Å². The maximum Gasteiger partial charge on any atom is 0.325 e. The van der Waals surface area contributed by atoms with Crippen LogP contribution in [0.15, 0.2) is 0 Å². The Morgan fingerprint density at radius 2 is 2.10 bits per heavy atom. The molecule has 1 saturated heterocycles. The van der Waals surface area contributed by atoms with Gasteiger partial charge in [-0.25, -0.2) is 0 Å². The lowest BCUT2D eigenvalue weighted by Crippen LogP contribution is -2.49. The first-order valence-corrected chi connectivity index (χ1v) is 7.19. The van der Waals surface area contributed by atoms with Gasteiger partial charge in [0.05, 0.1) is 26.2 Å². The van der Waals surface area contributed by atoms with Gasteiger partial charge in [-0.05, 0) is 26.8 Å². The first-order chi connectivity index (χ1) is 9.51. The molecule has 0 aromatic rings. The molecule has 0 aromatic heterocycles. The molecule has 20 heavy (non-hydrogen) atoms. The minimum atomic E-state index is -0.399. The molecule has 0 aromatic carbocycles. The van der Waals surface area contributed by atoms with Crippen molar-refractivity contribution in [2.24, 2.45) is 5.92 Å². The SMILES string of the molecule is CCCNC1COCC1C(=O)N(CC(=O)OC)C(C)C. The second-order valence-electron chi connectivity index (χ2n) is 5.34. The van der Waals surface area contributed by atoms with E-state index in [-0.39, 0.29) is 30.5 Å². The molecule has 1 fully saturated rings. The molecule has 1 heterocycles. The second-order valence-corrected chi connectivity index (χ2v) is 5.34. The Kier molecular flexibility index (Phi) is 6.95. The number of methoxy groups -OCH3 is 1. The molecule has 2 unspecified atom stereocenters. The van der Waals surface area contributed by atoms with Crippen molar-refractivity contribution in [2.75, 3.05) is 33.4 Å². The van der Waals surface area contributed by atoms with Crippen molar-refractivity contribution in [3.63, 3.8) is 0 Å². The predicted molar refractivity (Wildman–Crippen MR) is 75.3 cm³/mol. The highest BCUT2D eigenvalue weighted by Crippen LogP contribution is 2.18. The standard InChI is InChI=1S/C14H26N2O4/c1-5-6-15-12-9-20-8-11(12)14(18)16(10(2)3)7-13(17)19-4/h10-12,15H,5-9H2,1-4H3. The number of carbonyl (C=O) groups excluding carboxylic acids is 2. The molecule has 6 nitrogen and oxygen atoms in total. The molecule has 6 heteroatoms. The van der Waals surface area contributed by atoms with Gasteiger partial charge in [-0.2, -0.15) is 0 Å². The molecule has 2 atom stereocenters. The van der Waals surface area contributed by atoms with Gasteiger partial charge in [0.25, 0.3) is 0 Å². The Morgan fingerprint density at radius 1 is 1.40 bits per heavy atom. The fourth-order valence-electron chi connectivity index (χ4n) is 2.26. The van der Waals surface area contributed by atoms with E-state index in [1.165, 1.54) is 7.11 Å². The number of ether oxygens (including phenoxy) is 2. The summed E-state index contributed by atoms with van der Waals surface area (Å²) in [5.41, 5.74) is 0. The van der Waals surface area contributed by atoms with E-state index in [0.29, 0.717) is 13.2 Å². The summed E-state index contributed by atoms with van der Waals surface area (Å²) in [6, 6.07) is -0.0182. The van der Waals surface area contributed by atoms with E-state index < -0.39 is 5.97 Å². The van der Waals surface area contributed by atoms with Crippen LogP contribution in [0.2, 0.25) is 0 Å². The topological polar surface area (TPSA) is 67.9 Å². The Morgan fingerprint density at radius 3 is 2.65 bits per heavy atom.